The van der Waals surface area contributed by atoms with Crippen molar-refractivity contribution in [2.24, 2.45) is 0 Å². The molecule has 0 fully saturated rings. The van der Waals surface area contributed by atoms with E-state index in [0.29, 0.717) is 0 Å². The van der Waals surface area contributed by atoms with Gasteiger partial charge < -0.3 is 15.4 Å². The molecule has 0 spiro atoms. The van der Waals surface area contributed by atoms with Gasteiger partial charge in [-0.25, -0.2) is 0 Å². The fourth-order valence-corrected chi connectivity index (χ4v) is 3.28. The third-order valence-electron chi connectivity index (χ3n) is 3.91. The van der Waals surface area contributed by atoms with Gasteiger partial charge in [0.2, 0.25) is 0 Å². The van der Waals surface area contributed by atoms with Crippen LogP contribution in [0, 0.1) is 0 Å². The van der Waals surface area contributed by atoms with Gasteiger partial charge in [0.25, 0.3) is 0 Å². The molecule has 1 heterocycles. The molecule has 2 N–H and O–H groups in total. The molecule has 0 aliphatic heterocycles. The van der Waals surface area contributed by atoms with Gasteiger partial charge in [-0.15, -0.1) is 0 Å². The van der Waals surface area contributed by atoms with Crippen molar-refractivity contribution in [3.05, 3.63) is 47.8 Å². The van der Waals surface area contributed by atoms with Crippen LogP contribution in [-0.4, -0.2) is 49.2 Å². The summed E-state index contributed by atoms with van der Waals surface area (Å²) < 4.78 is 5.38. The summed E-state index contributed by atoms with van der Waals surface area (Å²) in [5.41, 5.74) is 4.49. The highest BCUT2D eigenvalue weighted by molar-refractivity contribution is 7.98. The highest BCUT2D eigenvalue weighted by Gasteiger charge is 2.06. The van der Waals surface area contributed by atoms with Crippen molar-refractivity contribution in [3.8, 4) is 16.9 Å². The molecule has 0 radical (unpaired) electrons. The summed E-state index contributed by atoms with van der Waals surface area (Å²) in [5.74, 6) is 3.09. The second-order valence-corrected chi connectivity index (χ2v) is 7.88. The Balaban J connectivity index is 2.17. The average molecular weight is 392 g/mol. The minimum atomic E-state index is 0.788. The van der Waals surface area contributed by atoms with E-state index in [1.54, 1.807) is 7.11 Å². The van der Waals surface area contributed by atoms with Gasteiger partial charge in [0.1, 0.15) is 5.75 Å². The second-order valence-electron chi connectivity index (χ2n) is 5.91. The van der Waals surface area contributed by atoms with E-state index >= 15 is 0 Å². The molecule has 2 rings (SSSR count). The van der Waals surface area contributed by atoms with Crippen molar-refractivity contribution in [3.63, 3.8) is 0 Å². The lowest BCUT2D eigenvalue weighted by molar-refractivity contribution is 0.415. The number of rotatable bonds is 12. The van der Waals surface area contributed by atoms with E-state index in [-0.39, 0.29) is 0 Å². The predicted molar refractivity (Wildman–Crippen MR) is 116 cm³/mol. The van der Waals surface area contributed by atoms with Crippen LogP contribution >= 0.6 is 23.5 Å². The monoisotopic (exact) mass is 391 g/mol. The number of benzene rings is 1. The highest BCUT2D eigenvalue weighted by atomic mass is 32.2. The summed E-state index contributed by atoms with van der Waals surface area (Å²) in [6.07, 6.45) is 4.25. The number of pyridine rings is 1. The van der Waals surface area contributed by atoms with Crippen molar-refractivity contribution in [1.29, 1.82) is 0 Å². The molecule has 142 valence electrons. The molecule has 0 amide bonds. The molecular formula is C20H29N3OS2. The lowest BCUT2D eigenvalue weighted by atomic mass is 10.0. The molecule has 4 nitrogen and oxygen atoms in total. The lowest BCUT2D eigenvalue weighted by Gasteiger charge is -2.12. The first-order chi connectivity index (χ1) is 12.8. The quantitative estimate of drug-likeness (QED) is 0.539. The first-order valence-electron chi connectivity index (χ1n) is 8.80. The Hall–Kier alpha value is -1.21. The number of thioether (sulfide) groups is 2. The standard InChI is InChI=1S/C20H29N3OS2/c1-24-20-6-4-5-16(13-20)17-11-18(14-21-7-9-25-2)23-19(12-17)15-22-8-10-26-3/h4-6,11-13,21-22H,7-10,14-15H2,1-3H3. The molecule has 6 heteroatoms. The Labute approximate surface area is 165 Å². The topological polar surface area (TPSA) is 46.2 Å². The Morgan fingerprint density at radius 1 is 0.885 bits per heavy atom. The van der Waals surface area contributed by atoms with E-state index in [0.717, 1.165) is 60.4 Å². The molecule has 1 aromatic heterocycles. The third-order valence-corrected chi connectivity index (χ3v) is 5.14. The maximum atomic E-state index is 5.38. The van der Waals surface area contributed by atoms with Crippen LogP contribution in [0.5, 0.6) is 5.75 Å². The van der Waals surface area contributed by atoms with Gasteiger partial charge in [0.05, 0.1) is 18.5 Å². The van der Waals surface area contributed by atoms with Crippen LogP contribution in [0.3, 0.4) is 0 Å². The molecule has 1 aromatic carbocycles. The van der Waals surface area contributed by atoms with Gasteiger partial charge >= 0.3 is 0 Å². The maximum absolute atomic E-state index is 5.38. The SMILES string of the molecule is COc1cccc(-c2cc(CNCCSC)nc(CNCCSC)c2)c1. The van der Waals surface area contributed by atoms with Crippen molar-refractivity contribution in [1.82, 2.24) is 15.6 Å². The van der Waals surface area contributed by atoms with Crippen LogP contribution in [0.4, 0.5) is 0 Å². The predicted octanol–water partition coefficient (Wildman–Crippen LogP) is 3.66. The molecule has 26 heavy (non-hydrogen) atoms. The van der Waals surface area contributed by atoms with Gasteiger partial charge in [-0.05, 0) is 47.9 Å². The Kier molecular flexibility index (Phi) is 9.92. The lowest BCUT2D eigenvalue weighted by Crippen LogP contribution is -2.20. The van der Waals surface area contributed by atoms with E-state index in [2.05, 4.69) is 47.4 Å². The zero-order valence-electron chi connectivity index (χ0n) is 15.9. The zero-order valence-corrected chi connectivity index (χ0v) is 17.5. The summed E-state index contributed by atoms with van der Waals surface area (Å²) >= 11 is 3.70. The number of hydrogen-bond acceptors (Lipinski definition) is 6. The molecule has 0 saturated heterocycles. The smallest absolute Gasteiger partial charge is 0.119 e. The van der Waals surface area contributed by atoms with E-state index < -0.39 is 0 Å². The zero-order chi connectivity index (χ0) is 18.6. The number of hydrogen-bond donors (Lipinski definition) is 2. The summed E-state index contributed by atoms with van der Waals surface area (Å²) in [6, 6.07) is 12.5. The number of aromatic nitrogens is 1. The van der Waals surface area contributed by atoms with Gasteiger partial charge in [-0.2, -0.15) is 23.5 Å². The van der Waals surface area contributed by atoms with Crippen LogP contribution < -0.4 is 15.4 Å². The third kappa shape index (κ3) is 7.19. The molecule has 2 aromatic rings. The maximum Gasteiger partial charge on any atom is 0.119 e. The average Bonchev–Trinajstić information content (AvgIpc) is 2.68. The summed E-state index contributed by atoms with van der Waals surface area (Å²) in [4.78, 5) is 4.83. The van der Waals surface area contributed by atoms with Crippen LogP contribution in [0.15, 0.2) is 36.4 Å². The van der Waals surface area contributed by atoms with E-state index in [1.807, 2.05) is 35.7 Å². The minimum Gasteiger partial charge on any atom is -0.497 e. The van der Waals surface area contributed by atoms with Crippen molar-refractivity contribution in [2.75, 3.05) is 44.2 Å². The van der Waals surface area contributed by atoms with E-state index in [1.165, 1.54) is 5.56 Å². The Morgan fingerprint density at radius 3 is 2.04 bits per heavy atom. The first-order valence-corrected chi connectivity index (χ1v) is 11.6. The molecule has 0 aliphatic rings. The van der Waals surface area contributed by atoms with Gasteiger partial charge in [-0.3, -0.25) is 4.98 Å². The molecule has 0 unspecified atom stereocenters. The van der Waals surface area contributed by atoms with Gasteiger partial charge in [-0.1, -0.05) is 12.1 Å². The largest absolute Gasteiger partial charge is 0.497 e. The van der Waals surface area contributed by atoms with Crippen LogP contribution in [0.1, 0.15) is 11.4 Å². The summed E-state index contributed by atoms with van der Waals surface area (Å²) in [5, 5.41) is 6.95. The Morgan fingerprint density at radius 2 is 1.50 bits per heavy atom. The van der Waals surface area contributed by atoms with E-state index in [4.69, 9.17) is 9.72 Å². The fourth-order valence-electron chi connectivity index (χ4n) is 2.58. The summed E-state index contributed by atoms with van der Waals surface area (Å²) in [7, 11) is 1.70. The minimum absolute atomic E-state index is 0.788. The molecule has 0 atom stereocenters. The van der Waals surface area contributed by atoms with Crippen molar-refractivity contribution < 1.29 is 4.74 Å². The first kappa shape index (κ1) is 21.1. The van der Waals surface area contributed by atoms with Gasteiger partial charge in [0.15, 0.2) is 0 Å². The second kappa shape index (κ2) is 12.2. The van der Waals surface area contributed by atoms with E-state index in [9.17, 15) is 0 Å². The molecule has 0 saturated carbocycles. The Bertz CT molecular complexity index is 637. The molecule has 0 aliphatic carbocycles. The van der Waals surface area contributed by atoms with Crippen LogP contribution in [0.2, 0.25) is 0 Å². The molecular weight excluding hydrogens is 362 g/mol. The van der Waals surface area contributed by atoms with Crippen LogP contribution in [0.25, 0.3) is 11.1 Å². The highest BCUT2D eigenvalue weighted by Crippen LogP contribution is 2.25. The number of nitrogens with one attached hydrogen (secondary N) is 2. The van der Waals surface area contributed by atoms with Gasteiger partial charge in [0, 0.05) is 37.7 Å². The number of nitrogens with zero attached hydrogens (tertiary/aromatic N) is 1. The van der Waals surface area contributed by atoms with Crippen LogP contribution in [-0.2, 0) is 13.1 Å². The fraction of sp³-hybridized carbons (Fsp3) is 0.450. The summed E-state index contributed by atoms with van der Waals surface area (Å²) in [6.45, 7) is 3.56. The number of ether oxygens (including phenoxy) is 1. The normalized spacial score (nSPS) is 10.9. The van der Waals surface area contributed by atoms with Crippen molar-refractivity contribution in [2.45, 2.75) is 13.1 Å². The number of methoxy groups -OCH3 is 1. The van der Waals surface area contributed by atoms with Crippen molar-refractivity contribution >= 4 is 23.5 Å². The molecule has 0 bridgehead atoms.